The molecule has 1 amide bonds. The molecule has 3 rings (SSSR count). The first kappa shape index (κ1) is 19.0. The predicted octanol–water partition coefficient (Wildman–Crippen LogP) is 3.80. The fraction of sp³-hybridized carbons (Fsp3) is 0.429. The number of rotatable bonds is 7. The monoisotopic (exact) mass is 366 g/mol. The number of hydrazone groups is 1. The Morgan fingerprint density at radius 1 is 1.22 bits per heavy atom. The highest BCUT2D eigenvalue weighted by Gasteiger charge is 2.17. The van der Waals surface area contributed by atoms with Gasteiger partial charge in [0.1, 0.15) is 0 Å². The molecule has 27 heavy (non-hydrogen) atoms. The Morgan fingerprint density at radius 2 is 2.00 bits per heavy atom. The van der Waals surface area contributed by atoms with Crippen LogP contribution in [0.1, 0.15) is 62.9 Å². The van der Waals surface area contributed by atoms with E-state index in [1.54, 1.807) is 24.3 Å². The minimum Gasteiger partial charge on any atom is -0.267 e. The number of carbonyl (C=O) groups excluding carboxylic acids is 1. The maximum atomic E-state index is 12.7. The van der Waals surface area contributed by atoms with Crippen molar-refractivity contribution in [2.45, 2.75) is 58.9 Å². The Bertz CT molecular complexity index is 956. The number of hydrogen-bond donors (Lipinski definition) is 1. The molecule has 0 atom stereocenters. The number of unbranched alkanes of at least 4 members (excludes halogenated alkanes) is 2. The molecule has 2 aromatic rings. The van der Waals surface area contributed by atoms with E-state index >= 15 is 0 Å². The molecular formula is C21H26N4O2. The molecule has 0 unspecified atom stereocenters. The molecule has 0 aliphatic heterocycles. The summed E-state index contributed by atoms with van der Waals surface area (Å²) < 4.78 is 1.32. The van der Waals surface area contributed by atoms with E-state index in [0.717, 1.165) is 31.4 Å². The maximum Gasteiger partial charge on any atom is 0.292 e. The van der Waals surface area contributed by atoms with Crippen molar-refractivity contribution in [2.24, 2.45) is 5.10 Å². The van der Waals surface area contributed by atoms with Gasteiger partial charge in [0.05, 0.1) is 11.1 Å². The Kier molecular flexibility index (Phi) is 6.16. The van der Waals surface area contributed by atoms with Crippen LogP contribution < -0.4 is 11.0 Å². The second kappa shape index (κ2) is 8.75. The summed E-state index contributed by atoms with van der Waals surface area (Å²) in [6, 6.07) is 7.06. The summed E-state index contributed by atoms with van der Waals surface area (Å²) in [5.74, 6) is -0.388. The van der Waals surface area contributed by atoms with Crippen LogP contribution in [0.5, 0.6) is 0 Å². The van der Waals surface area contributed by atoms with Crippen LogP contribution in [0.15, 0.2) is 45.8 Å². The van der Waals surface area contributed by atoms with Gasteiger partial charge in [0.15, 0.2) is 5.69 Å². The first-order chi connectivity index (χ1) is 13.2. The van der Waals surface area contributed by atoms with Crippen molar-refractivity contribution < 1.29 is 4.79 Å². The molecule has 0 saturated heterocycles. The average Bonchev–Trinajstić information content (AvgIpc) is 3.14. The van der Waals surface area contributed by atoms with Crippen LogP contribution in [0, 0.1) is 0 Å². The lowest BCUT2D eigenvalue weighted by molar-refractivity contribution is 0.0949. The smallest absolute Gasteiger partial charge is 0.267 e. The number of carbonyl (C=O) groups is 1. The molecule has 1 heterocycles. The minimum absolute atomic E-state index is 0.187. The van der Waals surface area contributed by atoms with Crippen LogP contribution in [0.2, 0.25) is 0 Å². The number of nitrogens with one attached hydrogen (secondary N) is 1. The van der Waals surface area contributed by atoms with Crippen LogP contribution in [-0.2, 0) is 6.54 Å². The van der Waals surface area contributed by atoms with Crippen molar-refractivity contribution in [2.75, 3.05) is 0 Å². The Balaban J connectivity index is 1.84. The fourth-order valence-electron chi connectivity index (χ4n) is 3.39. The summed E-state index contributed by atoms with van der Waals surface area (Å²) in [5.41, 5.74) is 4.88. The van der Waals surface area contributed by atoms with Crippen molar-refractivity contribution in [3.8, 4) is 0 Å². The molecule has 0 spiro atoms. The fourth-order valence-corrected chi connectivity index (χ4v) is 3.39. The molecule has 0 fully saturated rings. The van der Waals surface area contributed by atoms with E-state index in [0.29, 0.717) is 17.3 Å². The van der Waals surface area contributed by atoms with Gasteiger partial charge in [0, 0.05) is 11.9 Å². The first-order valence-corrected chi connectivity index (χ1v) is 9.71. The van der Waals surface area contributed by atoms with Crippen LogP contribution >= 0.6 is 0 Å². The number of nitrogens with zero attached hydrogens (tertiary/aromatic N) is 3. The molecule has 1 aromatic heterocycles. The largest absolute Gasteiger partial charge is 0.292 e. The number of aryl methyl sites for hydroxylation is 1. The number of benzene rings is 1. The van der Waals surface area contributed by atoms with Gasteiger partial charge in [-0.05, 0) is 44.2 Å². The highest BCUT2D eigenvalue weighted by Crippen LogP contribution is 2.21. The minimum atomic E-state index is -0.388. The lowest BCUT2D eigenvalue weighted by Crippen LogP contribution is -2.29. The molecular weight excluding hydrogens is 340 g/mol. The maximum absolute atomic E-state index is 12.7. The van der Waals surface area contributed by atoms with E-state index in [2.05, 4.69) is 28.6 Å². The van der Waals surface area contributed by atoms with Crippen molar-refractivity contribution in [3.05, 3.63) is 52.0 Å². The lowest BCUT2D eigenvalue weighted by Gasteiger charge is -2.09. The van der Waals surface area contributed by atoms with Crippen LogP contribution in [-0.4, -0.2) is 21.4 Å². The second-order valence-corrected chi connectivity index (χ2v) is 6.74. The van der Waals surface area contributed by atoms with Gasteiger partial charge in [0.2, 0.25) is 0 Å². The third-order valence-corrected chi connectivity index (χ3v) is 4.87. The van der Waals surface area contributed by atoms with Crippen LogP contribution in [0.3, 0.4) is 0 Å². The Morgan fingerprint density at radius 3 is 2.74 bits per heavy atom. The normalized spacial score (nSPS) is 15.3. The summed E-state index contributed by atoms with van der Waals surface area (Å²) in [7, 11) is 0. The first-order valence-electron chi connectivity index (χ1n) is 9.71. The van der Waals surface area contributed by atoms with E-state index in [1.807, 2.05) is 6.92 Å². The van der Waals surface area contributed by atoms with Crippen LogP contribution in [0.25, 0.3) is 10.8 Å². The van der Waals surface area contributed by atoms with Gasteiger partial charge in [-0.2, -0.15) is 10.2 Å². The van der Waals surface area contributed by atoms with Gasteiger partial charge in [-0.15, -0.1) is 0 Å². The number of fused-ring (bicyclic) bond motifs is 1. The van der Waals surface area contributed by atoms with Crippen molar-refractivity contribution >= 4 is 22.4 Å². The van der Waals surface area contributed by atoms with Crippen LogP contribution in [0.4, 0.5) is 0 Å². The lowest BCUT2D eigenvalue weighted by atomic mass is 10.1. The van der Waals surface area contributed by atoms with E-state index in [4.69, 9.17) is 0 Å². The van der Waals surface area contributed by atoms with Gasteiger partial charge >= 0.3 is 0 Å². The van der Waals surface area contributed by atoms with E-state index in [9.17, 15) is 9.59 Å². The summed E-state index contributed by atoms with van der Waals surface area (Å²) in [5, 5.41) is 9.66. The van der Waals surface area contributed by atoms with E-state index < -0.39 is 0 Å². The van der Waals surface area contributed by atoms with Gasteiger partial charge in [0.25, 0.3) is 11.5 Å². The highest BCUT2D eigenvalue weighted by molar-refractivity contribution is 6.06. The molecule has 142 valence electrons. The standard InChI is InChI=1S/C21H26N4O2/c1-3-5-6-10-15-11-9-14-18(15)22-23-20(26)19-16-12-7-8-13-17(16)21(27)25(4-2)24-19/h7-8,11-13H,3-6,9-10,14H2,1-2H3,(H,23,26)/b22-18+. The Hall–Kier alpha value is -2.76. The highest BCUT2D eigenvalue weighted by atomic mass is 16.2. The average molecular weight is 366 g/mol. The van der Waals surface area contributed by atoms with Gasteiger partial charge in [-0.25, -0.2) is 10.1 Å². The molecule has 0 saturated carbocycles. The molecule has 1 N–H and O–H groups in total. The predicted molar refractivity (Wildman–Crippen MR) is 108 cm³/mol. The number of allylic oxidation sites excluding steroid dienone is 2. The molecule has 1 aliphatic rings. The van der Waals surface area contributed by atoms with Gasteiger partial charge < -0.3 is 0 Å². The quantitative estimate of drug-likeness (QED) is 0.598. The topological polar surface area (TPSA) is 76.3 Å². The summed E-state index contributed by atoms with van der Waals surface area (Å²) in [4.78, 5) is 25.1. The third kappa shape index (κ3) is 4.15. The third-order valence-electron chi connectivity index (χ3n) is 4.87. The number of aromatic nitrogens is 2. The van der Waals surface area contributed by atoms with E-state index in [1.165, 1.54) is 23.1 Å². The Labute approximate surface area is 159 Å². The summed E-state index contributed by atoms with van der Waals surface area (Å²) >= 11 is 0. The zero-order valence-corrected chi connectivity index (χ0v) is 16.0. The number of hydrogen-bond acceptors (Lipinski definition) is 4. The van der Waals surface area contributed by atoms with Gasteiger partial charge in [-0.1, -0.05) is 44.0 Å². The number of amides is 1. The zero-order chi connectivity index (χ0) is 19.2. The SMILES string of the molecule is CCCCCC1=CCC/C1=N\NC(=O)c1nn(CC)c(=O)c2ccccc12. The molecule has 0 bridgehead atoms. The zero-order valence-electron chi connectivity index (χ0n) is 16.0. The molecule has 1 aliphatic carbocycles. The van der Waals surface area contributed by atoms with E-state index in [-0.39, 0.29) is 17.2 Å². The summed E-state index contributed by atoms with van der Waals surface area (Å²) in [6.45, 7) is 4.42. The van der Waals surface area contributed by atoms with Crippen molar-refractivity contribution in [1.82, 2.24) is 15.2 Å². The van der Waals surface area contributed by atoms with Crippen molar-refractivity contribution in [3.63, 3.8) is 0 Å². The van der Waals surface area contributed by atoms with Crippen molar-refractivity contribution in [1.29, 1.82) is 0 Å². The summed E-state index contributed by atoms with van der Waals surface area (Å²) in [6.07, 6.45) is 8.56. The molecule has 0 radical (unpaired) electrons. The van der Waals surface area contributed by atoms with Gasteiger partial charge in [-0.3, -0.25) is 9.59 Å². The molecule has 6 heteroatoms. The molecule has 1 aromatic carbocycles. The molecule has 6 nitrogen and oxygen atoms in total. The second-order valence-electron chi connectivity index (χ2n) is 6.74.